The van der Waals surface area contributed by atoms with E-state index in [-0.39, 0.29) is 5.56 Å². The van der Waals surface area contributed by atoms with Crippen molar-refractivity contribution in [1.82, 2.24) is 14.9 Å². The first-order chi connectivity index (χ1) is 16.2. The number of rotatable bonds is 5. The zero-order valence-electron chi connectivity index (χ0n) is 18.8. The van der Waals surface area contributed by atoms with E-state index in [9.17, 15) is 4.79 Å². The highest BCUT2D eigenvalue weighted by Crippen LogP contribution is 2.34. The fraction of sp³-hybridized carbons (Fsp3) is 0.357. The van der Waals surface area contributed by atoms with Crippen molar-refractivity contribution < 1.29 is 0 Å². The van der Waals surface area contributed by atoms with Crippen LogP contribution in [0.1, 0.15) is 48.1 Å². The van der Waals surface area contributed by atoms with Gasteiger partial charge in [-0.25, -0.2) is 4.98 Å². The van der Waals surface area contributed by atoms with Crippen molar-refractivity contribution in [2.24, 2.45) is 0 Å². The molecule has 4 aromatic rings. The molecule has 5 heteroatoms. The van der Waals surface area contributed by atoms with Crippen LogP contribution in [-0.4, -0.2) is 21.6 Å². The lowest BCUT2D eigenvalue weighted by Gasteiger charge is -2.26. The maximum Gasteiger partial charge on any atom is 0.262 e. The van der Waals surface area contributed by atoms with E-state index in [0.717, 1.165) is 35.0 Å². The molecule has 0 spiro atoms. The molecule has 0 bridgehead atoms. The van der Waals surface area contributed by atoms with Crippen LogP contribution in [0, 0.1) is 0 Å². The molecule has 1 saturated carbocycles. The topological polar surface area (TPSA) is 46.9 Å². The number of hydrogen-bond acceptors (Lipinski definition) is 4. The third kappa shape index (κ3) is 4.16. The highest BCUT2D eigenvalue weighted by Gasteiger charge is 2.27. The van der Waals surface area contributed by atoms with Crippen molar-refractivity contribution in [2.45, 2.75) is 63.6 Å². The van der Waals surface area contributed by atoms with Crippen molar-refractivity contribution in [3.8, 4) is 11.1 Å². The second-order valence-electron chi connectivity index (χ2n) is 9.52. The lowest BCUT2D eigenvalue weighted by Crippen LogP contribution is -2.40. The summed E-state index contributed by atoms with van der Waals surface area (Å²) < 4.78 is 1.78. The molecular formula is C28H29N3OS. The number of hydrogen-bond donors (Lipinski definition) is 1. The molecule has 1 fully saturated rings. The first kappa shape index (κ1) is 20.8. The van der Waals surface area contributed by atoms with Crippen LogP contribution in [0.4, 0.5) is 0 Å². The molecule has 2 aromatic carbocycles. The molecular weight excluding hydrogens is 426 g/mol. The average molecular weight is 456 g/mol. The van der Waals surface area contributed by atoms with E-state index in [1.165, 1.54) is 47.3 Å². The van der Waals surface area contributed by atoms with E-state index in [2.05, 4.69) is 53.8 Å². The van der Waals surface area contributed by atoms with Gasteiger partial charge in [0.2, 0.25) is 0 Å². The van der Waals surface area contributed by atoms with Gasteiger partial charge in [0.1, 0.15) is 4.83 Å². The molecule has 4 nitrogen and oxygen atoms in total. The monoisotopic (exact) mass is 455 g/mol. The van der Waals surface area contributed by atoms with Crippen molar-refractivity contribution in [3.05, 3.63) is 87.3 Å². The van der Waals surface area contributed by atoms with Crippen LogP contribution < -0.4 is 10.9 Å². The molecule has 2 aromatic heterocycles. The summed E-state index contributed by atoms with van der Waals surface area (Å²) in [6.45, 7) is 0.541. The lowest BCUT2D eigenvalue weighted by atomic mass is 9.92. The minimum Gasteiger partial charge on any atom is -0.311 e. The van der Waals surface area contributed by atoms with Crippen LogP contribution >= 0.6 is 11.3 Å². The average Bonchev–Trinajstić information content (AvgIpc) is 3.49. The Balaban J connectivity index is 1.27. The first-order valence-electron chi connectivity index (χ1n) is 12.1. The SMILES string of the molecule is O=c1c2c3c(sc2ncn1Cc1cccc(-c2ccccc2)c1)CC(NC1CCCC1)CC3. The van der Waals surface area contributed by atoms with Gasteiger partial charge >= 0.3 is 0 Å². The van der Waals surface area contributed by atoms with Gasteiger partial charge in [0.25, 0.3) is 5.56 Å². The summed E-state index contributed by atoms with van der Waals surface area (Å²) in [5.41, 5.74) is 4.83. The quantitative estimate of drug-likeness (QED) is 0.428. The minimum absolute atomic E-state index is 0.102. The molecule has 2 aliphatic rings. The molecule has 0 aliphatic heterocycles. The third-order valence-corrected chi connectivity index (χ3v) is 8.41. The van der Waals surface area contributed by atoms with Crippen LogP contribution in [0.15, 0.2) is 65.7 Å². The van der Waals surface area contributed by atoms with Gasteiger partial charge in [0, 0.05) is 17.0 Å². The molecule has 2 aliphatic carbocycles. The Kier molecular flexibility index (Phi) is 5.60. The largest absolute Gasteiger partial charge is 0.311 e. The van der Waals surface area contributed by atoms with Crippen LogP contribution in [0.25, 0.3) is 21.3 Å². The van der Waals surface area contributed by atoms with E-state index in [1.54, 1.807) is 22.2 Å². The second-order valence-corrected chi connectivity index (χ2v) is 10.6. The predicted octanol–water partition coefficient (Wildman–Crippen LogP) is 5.56. The number of nitrogens with one attached hydrogen (secondary N) is 1. The van der Waals surface area contributed by atoms with Crippen molar-refractivity contribution in [3.63, 3.8) is 0 Å². The smallest absolute Gasteiger partial charge is 0.262 e. The molecule has 0 radical (unpaired) electrons. The Morgan fingerprint density at radius 3 is 2.64 bits per heavy atom. The van der Waals surface area contributed by atoms with Gasteiger partial charge in [-0.15, -0.1) is 11.3 Å². The van der Waals surface area contributed by atoms with Crippen molar-refractivity contribution in [1.29, 1.82) is 0 Å². The molecule has 1 atom stereocenters. The molecule has 0 amide bonds. The normalized spacial score (nSPS) is 18.6. The van der Waals surface area contributed by atoms with Gasteiger partial charge in [-0.2, -0.15) is 0 Å². The maximum absolute atomic E-state index is 13.5. The van der Waals surface area contributed by atoms with E-state index < -0.39 is 0 Å². The second kappa shape index (κ2) is 8.88. The van der Waals surface area contributed by atoms with Gasteiger partial charge in [0.05, 0.1) is 18.3 Å². The Hall–Kier alpha value is -2.76. The van der Waals surface area contributed by atoms with Gasteiger partial charge in [-0.1, -0.05) is 61.4 Å². The fourth-order valence-electron chi connectivity index (χ4n) is 5.56. The standard InChI is InChI=1S/C28H29N3OS/c32-28-26-24-14-13-23(30-22-11-4-5-12-22)16-25(24)33-27(26)29-18-31(28)17-19-7-6-10-21(15-19)20-8-2-1-3-9-20/h1-3,6-10,15,18,22-23,30H,4-5,11-14,16-17H2. The fourth-order valence-corrected chi connectivity index (χ4v) is 6.82. The van der Waals surface area contributed by atoms with Gasteiger partial charge in [0.15, 0.2) is 0 Å². The summed E-state index contributed by atoms with van der Waals surface area (Å²) in [4.78, 5) is 20.5. The molecule has 0 saturated heterocycles. The van der Waals surface area contributed by atoms with Crippen LogP contribution in [-0.2, 0) is 19.4 Å². The molecule has 168 valence electrons. The number of fused-ring (bicyclic) bond motifs is 3. The highest BCUT2D eigenvalue weighted by atomic mass is 32.1. The van der Waals surface area contributed by atoms with E-state index in [1.807, 2.05) is 6.07 Å². The molecule has 33 heavy (non-hydrogen) atoms. The van der Waals surface area contributed by atoms with Gasteiger partial charge in [-0.05, 0) is 60.4 Å². The zero-order chi connectivity index (χ0) is 22.2. The van der Waals surface area contributed by atoms with Crippen LogP contribution in [0.3, 0.4) is 0 Å². The predicted molar refractivity (Wildman–Crippen MR) is 136 cm³/mol. The van der Waals surface area contributed by atoms with Crippen molar-refractivity contribution >= 4 is 21.6 Å². The number of benzene rings is 2. The van der Waals surface area contributed by atoms with Crippen LogP contribution in [0.2, 0.25) is 0 Å². The molecule has 1 N–H and O–H groups in total. The Labute approximate surface area is 198 Å². The summed E-state index contributed by atoms with van der Waals surface area (Å²) in [6.07, 6.45) is 10.2. The maximum atomic E-state index is 13.5. The number of aromatic nitrogens is 2. The first-order valence-corrected chi connectivity index (χ1v) is 13.0. The summed E-state index contributed by atoms with van der Waals surface area (Å²) in [7, 11) is 0. The molecule has 2 heterocycles. The van der Waals surface area contributed by atoms with E-state index in [4.69, 9.17) is 4.98 Å². The molecule has 1 unspecified atom stereocenters. The van der Waals surface area contributed by atoms with Crippen LogP contribution in [0.5, 0.6) is 0 Å². The molecule has 6 rings (SSSR count). The Bertz CT molecular complexity index is 1330. The minimum atomic E-state index is 0.102. The highest BCUT2D eigenvalue weighted by molar-refractivity contribution is 7.18. The number of aryl methyl sites for hydroxylation is 1. The summed E-state index contributed by atoms with van der Waals surface area (Å²) >= 11 is 1.73. The Morgan fingerprint density at radius 2 is 1.79 bits per heavy atom. The number of nitrogens with zero attached hydrogens (tertiary/aromatic N) is 2. The Morgan fingerprint density at radius 1 is 0.970 bits per heavy atom. The van der Waals surface area contributed by atoms with E-state index >= 15 is 0 Å². The zero-order valence-corrected chi connectivity index (χ0v) is 19.6. The van der Waals surface area contributed by atoms with E-state index in [0.29, 0.717) is 18.6 Å². The summed E-state index contributed by atoms with van der Waals surface area (Å²) in [5.74, 6) is 0. The third-order valence-electron chi connectivity index (χ3n) is 7.25. The summed E-state index contributed by atoms with van der Waals surface area (Å²) in [5, 5.41) is 4.74. The van der Waals surface area contributed by atoms with Gasteiger partial charge in [-0.3, -0.25) is 9.36 Å². The summed E-state index contributed by atoms with van der Waals surface area (Å²) in [6, 6.07) is 20.0. The lowest BCUT2D eigenvalue weighted by molar-refractivity contribution is 0.399. The van der Waals surface area contributed by atoms with Gasteiger partial charge < -0.3 is 5.32 Å². The van der Waals surface area contributed by atoms with Crippen molar-refractivity contribution in [2.75, 3.05) is 0 Å². The number of thiophene rings is 1.